The van der Waals surface area contributed by atoms with Gasteiger partial charge in [-0.05, 0) is 55.7 Å². The van der Waals surface area contributed by atoms with E-state index in [-0.39, 0.29) is 18.3 Å². The molecule has 2 aromatic rings. The topological polar surface area (TPSA) is 120 Å². The molecule has 3 fully saturated rings. The number of hydrogen-bond donors (Lipinski definition) is 1. The lowest BCUT2D eigenvalue weighted by Crippen LogP contribution is -2.49. The van der Waals surface area contributed by atoms with Gasteiger partial charge in [-0.1, -0.05) is 38.5 Å². The highest BCUT2D eigenvalue weighted by Crippen LogP contribution is 2.33. The molecule has 0 spiro atoms. The maximum Gasteiger partial charge on any atom is 0.516 e. The van der Waals surface area contributed by atoms with Crippen LogP contribution < -0.4 is 14.4 Å². The van der Waals surface area contributed by atoms with Crippen molar-refractivity contribution in [3.63, 3.8) is 0 Å². The quantitative estimate of drug-likeness (QED) is 0.163. The van der Waals surface area contributed by atoms with E-state index in [1.54, 1.807) is 28.4 Å². The fourth-order valence-corrected chi connectivity index (χ4v) is 7.52. The maximum atomic E-state index is 12.6. The van der Waals surface area contributed by atoms with Crippen LogP contribution in [0.3, 0.4) is 0 Å². The van der Waals surface area contributed by atoms with Crippen LogP contribution in [0.25, 0.3) is 0 Å². The Hall–Kier alpha value is -3.19. The van der Waals surface area contributed by atoms with E-state index >= 15 is 0 Å². The summed E-state index contributed by atoms with van der Waals surface area (Å²) in [5.41, 5.74) is 0.823. The zero-order chi connectivity index (χ0) is 30.7. The number of anilines is 2. The number of aromatic nitrogens is 1. The zero-order valence-electron chi connectivity index (χ0n) is 25.3. The first-order valence-electron chi connectivity index (χ1n) is 15.6. The molecule has 2 saturated carbocycles. The van der Waals surface area contributed by atoms with Crippen molar-refractivity contribution in [3.8, 4) is 5.75 Å². The fraction of sp³-hybridized carbons (Fsp3) is 0.613. The standard InChI is InChI=1S/C31H42N4O7S2/c1-39-26-18-24(28(36)42-31(38)41-20-23-10-6-3-7-11-23)12-13-25(26)33-44-27-21-43-29(32-27)34-14-16-35(17-15-34)30(37)40-19-22-8-4-2-5-9-22/h12-13,18,21-23,33H,2-11,14-17,19-20H2,1H3. The molecule has 5 rings (SSSR count). The van der Waals surface area contributed by atoms with Gasteiger partial charge in [-0.25, -0.2) is 19.4 Å². The monoisotopic (exact) mass is 646 g/mol. The second-order valence-electron chi connectivity index (χ2n) is 11.6. The Bertz CT molecular complexity index is 1260. The minimum Gasteiger partial charge on any atom is -0.495 e. The van der Waals surface area contributed by atoms with E-state index in [0.717, 1.165) is 48.7 Å². The molecular weight excluding hydrogens is 604 g/mol. The average molecular weight is 647 g/mol. The maximum absolute atomic E-state index is 12.6. The van der Waals surface area contributed by atoms with Crippen molar-refractivity contribution in [2.24, 2.45) is 11.8 Å². The smallest absolute Gasteiger partial charge is 0.495 e. The zero-order valence-corrected chi connectivity index (χ0v) is 26.9. The molecule has 0 bridgehead atoms. The van der Waals surface area contributed by atoms with E-state index in [1.807, 2.05) is 5.38 Å². The number of carbonyl (C=O) groups is 3. The van der Waals surface area contributed by atoms with Crippen molar-refractivity contribution >= 4 is 52.3 Å². The van der Waals surface area contributed by atoms with Crippen molar-refractivity contribution in [2.45, 2.75) is 69.2 Å². The second kappa shape index (κ2) is 16.2. The Morgan fingerprint density at radius 2 is 1.59 bits per heavy atom. The van der Waals surface area contributed by atoms with Gasteiger partial charge in [-0.3, -0.25) is 0 Å². The van der Waals surface area contributed by atoms with Crippen molar-refractivity contribution in [2.75, 3.05) is 56.1 Å². The van der Waals surface area contributed by atoms with Crippen molar-refractivity contribution in [1.82, 2.24) is 9.88 Å². The lowest BCUT2D eigenvalue weighted by molar-refractivity contribution is 0.0312. The summed E-state index contributed by atoms with van der Waals surface area (Å²) < 4.78 is 24.4. The number of nitrogens with one attached hydrogen (secondary N) is 1. The van der Waals surface area contributed by atoms with Gasteiger partial charge in [0.2, 0.25) is 0 Å². The predicted octanol–water partition coefficient (Wildman–Crippen LogP) is 6.98. The summed E-state index contributed by atoms with van der Waals surface area (Å²) in [5.74, 6) is 0.469. The fourth-order valence-electron chi connectivity index (χ4n) is 5.87. The van der Waals surface area contributed by atoms with Crippen LogP contribution in [0.15, 0.2) is 28.6 Å². The van der Waals surface area contributed by atoms with Gasteiger partial charge in [0.25, 0.3) is 0 Å². The molecule has 3 aliphatic rings. The normalized spacial score (nSPS) is 18.0. The number of nitrogens with zero attached hydrogens (tertiary/aromatic N) is 3. The van der Waals surface area contributed by atoms with E-state index in [2.05, 4.69) is 9.62 Å². The Labute approximate surface area is 267 Å². The number of carbonyl (C=O) groups excluding carboxylic acids is 3. The molecular formula is C31H42N4O7S2. The van der Waals surface area contributed by atoms with Crippen molar-refractivity contribution in [3.05, 3.63) is 29.1 Å². The van der Waals surface area contributed by atoms with Gasteiger partial charge < -0.3 is 33.5 Å². The Kier molecular flexibility index (Phi) is 11.9. The molecule has 0 unspecified atom stereocenters. The second-order valence-corrected chi connectivity index (χ2v) is 13.3. The summed E-state index contributed by atoms with van der Waals surface area (Å²) in [4.78, 5) is 45.8. The van der Waals surface area contributed by atoms with E-state index < -0.39 is 12.1 Å². The van der Waals surface area contributed by atoms with Crippen LogP contribution >= 0.6 is 23.3 Å². The van der Waals surface area contributed by atoms with Gasteiger partial charge in [-0.2, -0.15) is 0 Å². The van der Waals surface area contributed by atoms with Gasteiger partial charge in [0.15, 0.2) is 5.13 Å². The number of hydrogen-bond acceptors (Lipinski definition) is 12. The number of amides is 1. The minimum atomic E-state index is -0.979. The molecule has 240 valence electrons. The van der Waals surface area contributed by atoms with Crippen molar-refractivity contribution in [1.29, 1.82) is 0 Å². The number of esters is 1. The first-order valence-corrected chi connectivity index (χ1v) is 17.3. The highest BCUT2D eigenvalue weighted by Gasteiger charge is 2.25. The van der Waals surface area contributed by atoms with Crippen LogP contribution in [0.5, 0.6) is 5.75 Å². The Morgan fingerprint density at radius 3 is 2.25 bits per heavy atom. The third-order valence-corrected chi connectivity index (χ3v) is 10.3. The van der Waals surface area contributed by atoms with E-state index in [4.69, 9.17) is 23.9 Å². The first-order chi connectivity index (χ1) is 21.5. The number of piperazine rings is 1. The summed E-state index contributed by atoms with van der Waals surface area (Å²) in [7, 11) is 1.51. The number of ether oxygens (including phenoxy) is 4. The predicted molar refractivity (Wildman–Crippen MR) is 170 cm³/mol. The van der Waals surface area contributed by atoms with E-state index in [0.29, 0.717) is 56.1 Å². The molecule has 1 aromatic heterocycles. The molecule has 44 heavy (non-hydrogen) atoms. The summed E-state index contributed by atoms with van der Waals surface area (Å²) in [6, 6.07) is 4.77. The number of benzene rings is 1. The summed E-state index contributed by atoms with van der Waals surface area (Å²) >= 11 is 2.87. The SMILES string of the molecule is COc1cc(C(=O)OC(=O)OCC2CCCCC2)ccc1NSc1csc(N2CCN(C(=O)OCC3CCCCC3)CC2)n1. The minimum absolute atomic E-state index is 0.181. The average Bonchev–Trinajstić information content (AvgIpc) is 3.55. The van der Waals surface area contributed by atoms with Crippen LogP contribution in [0, 0.1) is 11.8 Å². The molecule has 1 amide bonds. The van der Waals surface area contributed by atoms with Crippen LogP contribution in [0.4, 0.5) is 20.4 Å². The molecule has 1 saturated heterocycles. The highest BCUT2D eigenvalue weighted by atomic mass is 32.2. The third-order valence-electron chi connectivity index (χ3n) is 8.49. The Morgan fingerprint density at radius 1 is 0.932 bits per heavy atom. The van der Waals surface area contributed by atoms with E-state index in [1.165, 1.54) is 50.8 Å². The number of rotatable bonds is 10. The van der Waals surface area contributed by atoms with Crippen LogP contribution in [-0.2, 0) is 14.2 Å². The summed E-state index contributed by atoms with van der Waals surface area (Å²) in [6.45, 7) is 3.42. The first kappa shape index (κ1) is 32.2. The lowest BCUT2D eigenvalue weighted by Gasteiger charge is -2.34. The largest absolute Gasteiger partial charge is 0.516 e. The van der Waals surface area contributed by atoms with Gasteiger partial charge >= 0.3 is 18.2 Å². The van der Waals surface area contributed by atoms with Crippen LogP contribution in [0.2, 0.25) is 0 Å². The molecule has 11 nitrogen and oxygen atoms in total. The molecule has 1 aromatic carbocycles. The highest BCUT2D eigenvalue weighted by molar-refractivity contribution is 8.00. The molecule has 0 radical (unpaired) electrons. The van der Waals surface area contributed by atoms with E-state index in [9.17, 15) is 14.4 Å². The third kappa shape index (κ3) is 9.16. The molecule has 1 aliphatic heterocycles. The Balaban J connectivity index is 1.05. The molecule has 1 N–H and O–H groups in total. The summed E-state index contributed by atoms with van der Waals surface area (Å²) in [5, 5.41) is 3.64. The van der Waals surface area contributed by atoms with Gasteiger partial charge in [0.1, 0.15) is 10.8 Å². The number of methoxy groups -OCH3 is 1. The van der Waals surface area contributed by atoms with Crippen LogP contribution in [-0.4, -0.2) is 74.6 Å². The molecule has 13 heteroatoms. The van der Waals surface area contributed by atoms with Gasteiger partial charge in [0.05, 0.1) is 31.6 Å². The van der Waals surface area contributed by atoms with Crippen LogP contribution in [0.1, 0.15) is 74.6 Å². The van der Waals surface area contributed by atoms with Gasteiger partial charge in [0, 0.05) is 43.5 Å². The number of thiazole rings is 1. The molecule has 0 atom stereocenters. The molecule has 2 heterocycles. The molecule has 2 aliphatic carbocycles. The lowest BCUT2D eigenvalue weighted by atomic mass is 9.90. The summed E-state index contributed by atoms with van der Waals surface area (Å²) in [6.07, 6.45) is 10.4. The van der Waals surface area contributed by atoms with Crippen molar-refractivity contribution < 1.29 is 33.3 Å². The van der Waals surface area contributed by atoms with Gasteiger partial charge in [-0.15, -0.1) is 11.3 Å².